The number of nitrogens with zero attached hydrogens (tertiary/aromatic N) is 1. The zero-order chi connectivity index (χ0) is 23.1. The number of aryl methyl sites for hydroxylation is 1. The van der Waals surface area contributed by atoms with E-state index in [4.69, 9.17) is 9.02 Å². The first-order valence-corrected chi connectivity index (χ1v) is 12.2. The van der Waals surface area contributed by atoms with Gasteiger partial charge in [0.15, 0.2) is 0 Å². The number of rotatable bonds is 6. The van der Waals surface area contributed by atoms with Gasteiger partial charge in [-0.25, -0.2) is 0 Å². The van der Waals surface area contributed by atoms with Gasteiger partial charge in [0, 0.05) is 11.1 Å². The van der Waals surface area contributed by atoms with Crippen molar-refractivity contribution in [3.8, 4) is 0 Å². The van der Waals surface area contributed by atoms with Gasteiger partial charge < -0.3 is 0 Å². The van der Waals surface area contributed by atoms with E-state index in [2.05, 4.69) is 53.7 Å². The van der Waals surface area contributed by atoms with E-state index < -0.39 is 32.9 Å². The van der Waals surface area contributed by atoms with Crippen molar-refractivity contribution in [3.05, 3.63) is 65.7 Å². The van der Waals surface area contributed by atoms with Crippen LogP contribution in [0.2, 0.25) is 0 Å². The van der Waals surface area contributed by atoms with Crippen molar-refractivity contribution >= 4 is 10.1 Å². The van der Waals surface area contributed by atoms with Crippen molar-refractivity contribution in [1.82, 2.24) is 5.06 Å². The van der Waals surface area contributed by atoms with Gasteiger partial charge in [0.2, 0.25) is 0 Å². The Bertz CT molecular complexity index is 978. The Balaban J connectivity index is 1.80. The number of hydroxylamine groups is 2. The lowest BCUT2D eigenvalue weighted by Crippen LogP contribution is -2.63. The van der Waals surface area contributed by atoms with E-state index in [0.717, 1.165) is 11.1 Å². The van der Waals surface area contributed by atoms with Crippen LogP contribution in [-0.4, -0.2) is 30.7 Å². The normalized spacial score (nSPS) is 20.0. The first-order chi connectivity index (χ1) is 14.2. The van der Waals surface area contributed by atoms with Gasteiger partial charge in [-0.3, -0.25) is 9.02 Å². The quantitative estimate of drug-likeness (QED) is 0.543. The highest BCUT2D eigenvalue weighted by molar-refractivity contribution is 7.86. The van der Waals surface area contributed by atoms with Crippen molar-refractivity contribution in [2.45, 2.75) is 89.0 Å². The Hall–Kier alpha value is -1.73. The van der Waals surface area contributed by atoms with Crippen molar-refractivity contribution in [3.63, 3.8) is 0 Å². The Labute approximate surface area is 187 Å². The molecule has 6 heteroatoms. The number of hydrogen-bond acceptors (Lipinski definition) is 5. The van der Waals surface area contributed by atoms with Crippen LogP contribution in [0.25, 0.3) is 0 Å². The highest BCUT2D eigenvalue weighted by atomic mass is 32.2. The van der Waals surface area contributed by atoms with Gasteiger partial charge in [-0.05, 0) is 79.0 Å². The predicted octanol–water partition coefficient (Wildman–Crippen LogP) is 5.59. The maximum absolute atomic E-state index is 12.9. The Morgan fingerprint density at radius 3 is 1.94 bits per heavy atom. The van der Waals surface area contributed by atoms with Crippen LogP contribution in [-0.2, 0) is 24.7 Å². The van der Waals surface area contributed by atoms with Crippen LogP contribution in [0, 0.1) is 6.92 Å². The molecule has 0 amide bonds. The molecule has 31 heavy (non-hydrogen) atoms. The smallest absolute Gasteiger partial charge is 0.287 e. The molecule has 1 aliphatic heterocycles. The van der Waals surface area contributed by atoms with E-state index in [1.807, 2.05) is 30.2 Å². The van der Waals surface area contributed by atoms with Crippen LogP contribution in [0.4, 0.5) is 0 Å². The zero-order valence-corrected chi connectivity index (χ0v) is 20.5. The highest BCUT2D eigenvalue weighted by Gasteiger charge is 2.50. The van der Waals surface area contributed by atoms with Crippen LogP contribution in [0.3, 0.4) is 0 Å². The molecule has 1 saturated heterocycles. The molecule has 0 N–H and O–H groups in total. The van der Waals surface area contributed by atoms with Gasteiger partial charge in [0.1, 0.15) is 5.60 Å². The second-order valence-corrected chi connectivity index (χ2v) is 11.9. The predicted molar refractivity (Wildman–Crippen MR) is 123 cm³/mol. The molecule has 3 rings (SSSR count). The standard InChI is InChI=1S/C25H35NO4S/c1-19-13-15-22(16-14-19)31(27,28)29-21-17-23(2,3)26(24(4,5)18-21)30-25(6,7)20-11-9-8-10-12-20/h8-16,21H,17-18H2,1-7H3. The minimum atomic E-state index is -3.83. The lowest BCUT2D eigenvalue weighted by Gasteiger charge is -2.55. The minimum absolute atomic E-state index is 0.192. The van der Waals surface area contributed by atoms with E-state index >= 15 is 0 Å². The number of piperidine rings is 1. The molecular formula is C25H35NO4S. The molecule has 0 aromatic heterocycles. The molecule has 2 aromatic rings. The van der Waals surface area contributed by atoms with Gasteiger partial charge in [-0.1, -0.05) is 48.0 Å². The summed E-state index contributed by atoms with van der Waals surface area (Å²) in [4.78, 5) is 6.79. The van der Waals surface area contributed by atoms with Crippen LogP contribution >= 0.6 is 0 Å². The minimum Gasteiger partial charge on any atom is -0.287 e. The molecule has 1 aliphatic rings. The third-order valence-electron chi connectivity index (χ3n) is 5.91. The van der Waals surface area contributed by atoms with Crippen molar-refractivity contribution in [2.75, 3.05) is 0 Å². The molecule has 0 unspecified atom stereocenters. The van der Waals surface area contributed by atoms with Gasteiger partial charge in [0.05, 0.1) is 11.0 Å². The summed E-state index contributed by atoms with van der Waals surface area (Å²) in [6.07, 6.45) is 0.634. The lowest BCUT2D eigenvalue weighted by atomic mass is 9.80. The summed E-state index contributed by atoms with van der Waals surface area (Å²) in [5.74, 6) is 0. The first-order valence-electron chi connectivity index (χ1n) is 10.8. The summed E-state index contributed by atoms with van der Waals surface area (Å²) in [6, 6.07) is 16.9. The molecule has 0 spiro atoms. The van der Waals surface area contributed by atoms with Crippen molar-refractivity contribution < 1.29 is 17.4 Å². The molecule has 5 nitrogen and oxygen atoms in total. The fourth-order valence-electron chi connectivity index (χ4n) is 4.55. The van der Waals surface area contributed by atoms with E-state index in [1.54, 1.807) is 24.3 Å². The van der Waals surface area contributed by atoms with Gasteiger partial charge in [-0.2, -0.15) is 13.5 Å². The average molecular weight is 446 g/mol. The van der Waals surface area contributed by atoms with Crippen molar-refractivity contribution in [1.29, 1.82) is 0 Å². The van der Waals surface area contributed by atoms with Crippen LogP contribution in [0.5, 0.6) is 0 Å². The molecule has 1 heterocycles. The summed E-state index contributed by atoms with van der Waals surface area (Å²) >= 11 is 0. The first kappa shape index (κ1) is 23.9. The van der Waals surface area contributed by atoms with E-state index in [1.165, 1.54) is 0 Å². The topological polar surface area (TPSA) is 55.8 Å². The maximum atomic E-state index is 12.9. The van der Waals surface area contributed by atoms with Crippen LogP contribution in [0.1, 0.15) is 65.5 Å². The third kappa shape index (κ3) is 5.37. The van der Waals surface area contributed by atoms with Crippen molar-refractivity contribution in [2.24, 2.45) is 0 Å². The van der Waals surface area contributed by atoms with Gasteiger partial charge in [-0.15, -0.1) is 0 Å². The second-order valence-electron chi connectivity index (χ2n) is 10.3. The van der Waals surface area contributed by atoms with Crippen LogP contribution < -0.4 is 0 Å². The third-order valence-corrected chi connectivity index (χ3v) is 7.29. The molecule has 0 radical (unpaired) electrons. The summed E-state index contributed by atoms with van der Waals surface area (Å²) < 4.78 is 31.5. The zero-order valence-electron chi connectivity index (χ0n) is 19.7. The Morgan fingerprint density at radius 2 is 1.42 bits per heavy atom. The Morgan fingerprint density at radius 1 is 0.903 bits per heavy atom. The highest BCUT2D eigenvalue weighted by Crippen LogP contribution is 2.43. The molecule has 0 bridgehead atoms. The monoisotopic (exact) mass is 445 g/mol. The molecule has 0 atom stereocenters. The SMILES string of the molecule is Cc1ccc(S(=O)(=O)OC2CC(C)(C)N(OC(C)(C)c3ccccc3)C(C)(C)C2)cc1. The molecule has 170 valence electrons. The summed E-state index contributed by atoms with van der Waals surface area (Å²) in [7, 11) is -3.83. The molecule has 2 aromatic carbocycles. The molecular weight excluding hydrogens is 410 g/mol. The largest absolute Gasteiger partial charge is 0.297 e. The van der Waals surface area contributed by atoms with Gasteiger partial charge >= 0.3 is 0 Å². The average Bonchev–Trinajstić information content (AvgIpc) is 2.65. The fourth-order valence-corrected chi connectivity index (χ4v) is 5.62. The van der Waals surface area contributed by atoms with E-state index in [9.17, 15) is 8.42 Å². The summed E-state index contributed by atoms with van der Waals surface area (Å²) in [5, 5.41) is 2.03. The van der Waals surface area contributed by atoms with E-state index in [0.29, 0.717) is 12.8 Å². The maximum Gasteiger partial charge on any atom is 0.297 e. The second kappa shape index (κ2) is 8.32. The molecule has 0 saturated carbocycles. The van der Waals surface area contributed by atoms with Crippen LogP contribution in [0.15, 0.2) is 59.5 Å². The number of benzene rings is 2. The molecule has 0 aliphatic carbocycles. The molecule has 1 fully saturated rings. The summed E-state index contributed by atoms with van der Waals surface area (Å²) in [6.45, 7) is 14.3. The van der Waals surface area contributed by atoms with E-state index in [-0.39, 0.29) is 4.90 Å². The Kier molecular flexibility index (Phi) is 6.42. The summed E-state index contributed by atoms with van der Waals surface area (Å²) in [5.41, 5.74) is 0.703. The number of hydrogen-bond donors (Lipinski definition) is 0. The lowest BCUT2D eigenvalue weighted by molar-refractivity contribution is -0.339. The van der Waals surface area contributed by atoms with Gasteiger partial charge in [0.25, 0.3) is 10.1 Å². The fraction of sp³-hybridized carbons (Fsp3) is 0.520.